The summed E-state index contributed by atoms with van der Waals surface area (Å²) in [4.78, 5) is 20.2. The molecule has 1 aromatic heterocycles. The number of aromatic nitrogens is 1. The Labute approximate surface area is 194 Å². The summed E-state index contributed by atoms with van der Waals surface area (Å²) in [5.41, 5.74) is 1.48. The SMILES string of the molecule is O=C(N1CCCC(Cc2cccc3cnccc23)CC1)C1(c2cccc(F)c2)CCOCC1. The smallest absolute Gasteiger partial charge is 0.233 e. The number of benzene rings is 2. The van der Waals surface area contributed by atoms with Gasteiger partial charge in [-0.1, -0.05) is 30.3 Å². The minimum Gasteiger partial charge on any atom is -0.381 e. The molecular formula is C28H31FN2O2. The lowest BCUT2D eigenvalue weighted by Crippen LogP contribution is -2.50. The summed E-state index contributed by atoms with van der Waals surface area (Å²) in [7, 11) is 0. The minimum absolute atomic E-state index is 0.147. The second-order valence-corrected chi connectivity index (χ2v) is 9.51. The van der Waals surface area contributed by atoms with Crippen LogP contribution >= 0.6 is 0 Å². The summed E-state index contributed by atoms with van der Waals surface area (Å²) >= 11 is 0. The fraction of sp³-hybridized carbons (Fsp3) is 0.429. The van der Waals surface area contributed by atoms with E-state index in [-0.39, 0.29) is 11.7 Å². The van der Waals surface area contributed by atoms with Crippen molar-refractivity contribution in [3.63, 3.8) is 0 Å². The van der Waals surface area contributed by atoms with Gasteiger partial charge in [-0.3, -0.25) is 9.78 Å². The van der Waals surface area contributed by atoms with Crippen LogP contribution in [-0.4, -0.2) is 42.1 Å². The first-order valence-corrected chi connectivity index (χ1v) is 12.1. The summed E-state index contributed by atoms with van der Waals surface area (Å²) in [6, 6.07) is 15.1. The molecule has 33 heavy (non-hydrogen) atoms. The molecule has 0 radical (unpaired) electrons. The third kappa shape index (κ3) is 4.51. The Morgan fingerprint density at radius 1 is 1.09 bits per heavy atom. The number of pyridine rings is 1. The van der Waals surface area contributed by atoms with E-state index >= 15 is 0 Å². The van der Waals surface area contributed by atoms with E-state index in [1.807, 2.05) is 23.4 Å². The van der Waals surface area contributed by atoms with E-state index in [9.17, 15) is 9.18 Å². The maximum Gasteiger partial charge on any atom is 0.233 e. The Bertz CT molecular complexity index is 1120. The van der Waals surface area contributed by atoms with Crippen molar-refractivity contribution in [2.45, 2.75) is 43.9 Å². The van der Waals surface area contributed by atoms with Crippen LogP contribution in [0.1, 0.15) is 43.2 Å². The maximum absolute atomic E-state index is 14.1. The van der Waals surface area contributed by atoms with Crippen molar-refractivity contribution in [3.8, 4) is 0 Å². The summed E-state index contributed by atoms with van der Waals surface area (Å²) < 4.78 is 19.7. The fourth-order valence-electron chi connectivity index (χ4n) is 5.69. The number of fused-ring (bicyclic) bond motifs is 1. The second-order valence-electron chi connectivity index (χ2n) is 9.51. The number of carbonyl (C=O) groups is 1. The van der Waals surface area contributed by atoms with Gasteiger partial charge in [0.2, 0.25) is 5.91 Å². The molecule has 3 heterocycles. The van der Waals surface area contributed by atoms with Gasteiger partial charge in [-0.25, -0.2) is 4.39 Å². The quantitative estimate of drug-likeness (QED) is 0.547. The summed E-state index contributed by atoms with van der Waals surface area (Å²) in [6.45, 7) is 2.60. The van der Waals surface area contributed by atoms with Crippen LogP contribution in [0.2, 0.25) is 0 Å². The summed E-state index contributed by atoms with van der Waals surface area (Å²) in [5.74, 6) is 0.405. The molecule has 0 bridgehead atoms. The number of rotatable bonds is 4. The van der Waals surface area contributed by atoms with Gasteiger partial charge in [0.15, 0.2) is 0 Å². The molecule has 2 fully saturated rings. The lowest BCUT2D eigenvalue weighted by molar-refractivity contribution is -0.141. The predicted molar refractivity (Wildman–Crippen MR) is 127 cm³/mol. The molecule has 0 saturated carbocycles. The van der Waals surface area contributed by atoms with E-state index < -0.39 is 5.41 Å². The third-order valence-corrected chi connectivity index (χ3v) is 7.55. The van der Waals surface area contributed by atoms with Gasteiger partial charge in [0.25, 0.3) is 0 Å². The first kappa shape index (κ1) is 22.0. The van der Waals surface area contributed by atoms with Crippen LogP contribution in [0, 0.1) is 11.7 Å². The molecule has 0 aliphatic carbocycles. The van der Waals surface area contributed by atoms with Gasteiger partial charge in [0, 0.05) is 44.1 Å². The molecule has 2 saturated heterocycles. The van der Waals surface area contributed by atoms with Crippen LogP contribution in [0.3, 0.4) is 0 Å². The van der Waals surface area contributed by atoms with Crippen molar-refractivity contribution >= 4 is 16.7 Å². The lowest BCUT2D eigenvalue weighted by atomic mass is 9.73. The highest BCUT2D eigenvalue weighted by Gasteiger charge is 2.44. The molecule has 2 aliphatic heterocycles. The molecule has 5 rings (SSSR count). The number of hydrogen-bond donors (Lipinski definition) is 0. The second kappa shape index (κ2) is 9.60. The number of nitrogens with zero attached hydrogens (tertiary/aromatic N) is 2. The van der Waals surface area contributed by atoms with E-state index in [0.717, 1.165) is 44.3 Å². The molecule has 1 unspecified atom stereocenters. The van der Waals surface area contributed by atoms with Gasteiger partial charge < -0.3 is 9.64 Å². The van der Waals surface area contributed by atoms with Gasteiger partial charge >= 0.3 is 0 Å². The zero-order chi connectivity index (χ0) is 22.7. The van der Waals surface area contributed by atoms with Crippen LogP contribution in [0.4, 0.5) is 4.39 Å². The van der Waals surface area contributed by atoms with E-state index in [4.69, 9.17) is 4.74 Å². The molecule has 3 aromatic rings. The van der Waals surface area contributed by atoms with Gasteiger partial charge in [-0.05, 0) is 79.2 Å². The van der Waals surface area contributed by atoms with Crippen LogP contribution in [0.15, 0.2) is 60.9 Å². The summed E-state index contributed by atoms with van der Waals surface area (Å²) in [6.07, 6.45) is 9.12. The first-order valence-electron chi connectivity index (χ1n) is 12.1. The molecular weight excluding hydrogens is 415 g/mol. The van der Waals surface area contributed by atoms with Crippen molar-refractivity contribution in [3.05, 3.63) is 77.9 Å². The van der Waals surface area contributed by atoms with Crippen LogP contribution in [-0.2, 0) is 21.4 Å². The van der Waals surface area contributed by atoms with E-state index in [1.54, 1.807) is 12.1 Å². The Morgan fingerprint density at radius 2 is 1.94 bits per heavy atom. The van der Waals surface area contributed by atoms with Gasteiger partial charge in [0.1, 0.15) is 5.82 Å². The number of carbonyl (C=O) groups excluding carboxylic acids is 1. The number of halogens is 1. The van der Waals surface area contributed by atoms with Crippen molar-refractivity contribution in [2.75, 3.05) is 26.3 Å². The number of likely N-dealkylation sites (tertiary alicyclic amines) is 1. The standard InChI is InChI=1S/C28H31FN2O2/c29-25-8-2-7-24(19-25)28(11-16-33-17-12-28)27(32)31-14-3-4-21(10-15-31)18-22-5-1-6-23-20-30-13-9-26(22)23/h1-2,5-9,13,19-21H,3-4,10-12,14-18H2. The molecule has 2 aliphatic rings. The Hall–Kier alpha value is -2.79. The molecule has 1 amide bonds. The van der Waals surface area contributed by atoms with Crippen LogP contribution in [0.25, 0.3) is 10.8 Å². The van der Waals surface area contributed by atoms with Crippen molar-refractivity contribution < 1.29 is 13.9 Å². The average Bonchev–Trinajstić information content (AvgIpc) is 3.10. The van der Waals surface area contributed by atoms with Crippen LogP contribution < -0.4 is 0 Å². The highest BCUT2D eigenvalue weighted by molar-refractivity contribution is 5.88. The first-order chi connectivity index (χ1) is 16.2. The fourth-order valence-corrected chi connectivity index (χ4v) is 5.69. The topological polar surface area (TPSA) is 42.4 Å². The van der Waals surface area contributed by atoms with Crippen molar-refractivity contribution in [1.82, 2.24) is 9.88 Å². The number of amides is 1. The molecule has 4 nitrogen and oxygen atoms in total. The monoisotopic (exact) mass is 446 g/mol. The zero-order valence-electron chi connectivity index (χ0n) is 19.0. The molecule has 0 N–H and O–H groups in total. The lowest BCUT2D eigenvalue weighted by Gasteiger charge is -2.40. The Kier molecular flexibility index (Phi) is 6.41. The molecule has 0 spiro atoms. The third-order valence-electron chi connectivity index (χ3n) is 7.55. The largest absolute Gasteiger partial charge is 0.381 e. The van der Waals surface area contributed by atoms with E-state index in [0.29, 0.717) is 32.0 Å². The minimum atomic E-state index is -0.678. The Morgan fingerprint density at radius 3 is 2.79 bits per heavy atom. The maximum atomic E-state index is 14.1. The zero-order valence-corrected chi connectivity index (χ0v) is 19.0. The molecule has 2 aromatic carbocycles. The van der Waals surface area contributed by atoms with Gasteiger partial charge in [-0.2, -0.15) is 0 Å². The number of ether oxygens (including phenoxy) is 1. The molecule has 1 atom stereocenters. The molecule has 5 heteroatoms. The average molecular weight is 447 g/mol. The van der Waals surface area contributed by atoms with Crippen molar-refractivity contribution in [1.29, 1.82) is 0 Å². The normalized spacial score (nSPS) is 21.0. The van der Waals surface area contributed by atoms with Gasteiger partial charge in [-0.15, -0.1) is 0 Å². The predicted octanol–water partition coefficient (Wildman–Crippen LogP) is 5.29. The highest BCUT2D eigenvalue weighted by Crippen LogP contribution is 2.38. The number of hydrogen-bond acceptors (Lipinski definition) is 3. The highest BCUT2D eigenvalue weighted by atomic mass is 19.1. The Balaban J connectivity index is 1.33. The van der Waals surface area contributed by atoms with Crippen LogP contribution in [0.5, 0.6) is 0 Å². The molecule has 172 valence electrons. The summed E-state index contributed by atoms with van der Waals surface area (Å²) in [5, 5.41) is 2.45. The van der Waals surface area contributed by atoms with E-state index in [2.05, 4.69) is 29.2 Å². The van der Waals surface area contributed by atoms with Crippen molar-refractivity contribution in [2.24, 2.45) is 5.92 Å². The van der Waals surface area contributed by atoms with E-state index in [1.165, 1.54) is 22.4 Å². The van der Waals surface area contributed by atoms with Gasteiger partial charge in [0.05, 0.1) is 5.41 Å².